The number of halogens is 1. The lowest BCUT2D eigenvalue weighted by Crippen LogP contribution is -2.10. The van der Waals surface area contributed by atoms with Crippen molar-refractivity contribution in [1.29, 1.82) is 5.41 Å². The van der Waals surface area contributed by atoms with Gasteiger partial charge in [0, 0.05) is 20.3 Å². The monoisotopic (exact) mass is 310 g/mol. The van der Waals surface area contributed by atoms with Crippen LogP contribution in [0.4, 0.5) is 0 Å². The SMILES string of the molecule is N=C(N)c1ccc(OCc2cc(Br)cs2)cc1. The van der Waals surface area contributed by atoms with Crippen LogP contribution in [0.15, 0.2) is 40.2 Å². The van der Waals surface area contributed by atoms with Crippen molar-refractivity contribution in [3.8, 4) is 5.75 Å². The minimum absolute atomic E-state index is 0.0683. The quantitative estimate of drug-likeness (QED) is 0.672. The number of ether oxygens (including phenoxy) is 1. The maximum Gasteiger partial charge on any atom is 0.122 e. The first-order chi connectivity index (χ1) is 8.15. The molecule has 0 amide bonds. The fourth-order valence-electron chi connectivity index (χ4n) is 1.31. The molecule has 0 saturated heterocycles. The van der Waals surface area contributed by atoms with Crippen LogP contribution in [0.2, 0.25) is 0 Å². The van der Waals surface area contributed by atoms with Crippen LogP contribution in [-0.4, -0.2) is 5.84 Å². The van der Waals surface area contributed by atoms with E-state index in [1.54, 1.807) is 23.5 Å². The standard InChI is InChI=1S/C12H11BrN2OS/c13-9-5-11(17-7-9)6-16-10-3-1-8(2-4-10)12(14)15/h1-5,7H,6H2,(H3,14,15). The number of amidine groups is 1. The van der Waals surface area contributed by atoms with Crippen molar-refractivity contribution in [2.45, 2.75) is 6.61 Å². The number of hydrogen-bond donors (Lipinski definition) is 2. The van der Waals surface area contributed by atoms with Gasteiger partial charge in [-0.05, 0) is 46.3 Å². The van der Waals surface area contributed by atoms with E-state index in [2.05, 4.69) is 15.9 Å². The molecule has 0 fully saturated rings. The fraction of sp³-hybridized carbons (Fsp3) is 0.0833. The number of nitrogen functional groups attached to an aromatic ring is 1. The molecule has 1 heterocycles. The molecule has 0 bridgehead atoms. The highest BCUT2D eigenvalue weighted by atomic mass is 79.9. The lowest BCUT2D eigenvalue weighted by atomic mass is 10.2. The molecule has 1 aromatic heterocycles. The van der Waals surface area contributed by atoms with Gasteiger partial charge in [-0.3, -0.25) is 5.41 Å². The molecule has 2 aromatic rings. The van der Waals surface area contributed by atoms with Crippen LogP contribution in [0.5, 0.6) is 5.75 Å². The molecule has 3 N–H and O–H groups in total. The highest BCUT2D eigenvalue weighted by Crippen LogP contribution is 2.21. The molecular formula is C12H11BrN2OS. The van der Waals surface area contributed by atoms with E-state index in [9.17, 15) is 0 Å². The molecule has 88 valence electrons. The largest absolute Gasteiger partial charge is 0.488 e. The van der Waals surface area contributed by atoms with Gasteiger partial charge in [0.2, 0.25) is 0 Å². The van der Waals surface area contributed by atoms with E-state index in [1.165, 1.54) is 0 Å². The Morgan fingerprint density at radius 3 is 2.59 bits per heavy atom. The summed E-state index contributed by atoms with van der Waals surface area (Å²) in [7, 11) is 0. The summed E-state index contributed by atoms with van der Waals surface area (Å²) in [6.07, 6.45) is 0. The molecule has 17 heavy (non-hydrogen) atoms. The summed E-state index contributed by atoms with van der Waals surface area (Å²) in [5.74, 6) is 0.846. The fourth-order valence-corrected chi connectivity index (χ4v) is 2.68. The van der Waals surface area contributed by atoms with E-state index >= 15 is 0 Å². The average Bonchev–Trinajstić information content (AvgIpc) is 2.73. The maximum atomic E-state index is 7.28. The predicted molar refractivity (Wildman–Crippen MR) is 73.8 cm³/mol. The van der Waals surface area contributed by atoms with Gasteiger partial charge in [-0.2, -0.15) is 0 Å². The first-order valence-corrected chi connectivity index (χ1v) is 6.62. The molecule has 5 heteroatoms. The summed E-state index contributed by atoms with van der Waals surface area (Å²) in [4.78, 5) is 1.16. The van der Waals surface area contributed by atoms with Crippen LogP contribution < -0.4 is 10.5 Å². The van der Waals surface area contributed by atoms with E-state index in [1.807, 2.05) is 23.6 Å². The van der Waals surface area contributed by atoms with Crippen molar-refractivity contribution in [3.05, 3.63) is 50.6 Å². The first-order valence-electron chi connectivity index (χ1n) is 4.95. The van der Waals surface area contributed by atoms with Gasteiger partial charge in [-0.15, -0.1) is 11.3 Å². The summed E-state index contributed by atoms with van der Waals surface area (Å²) < 4.78 is 6.70. The Kier molecular flexibility index (Phi) is 3.81. The third-order valence-corrected chi connectivity index (χ3v) is 3.84. The van der Waals surface area contributed by atoms with E-state index < -0.39 is 0 Å². The number of rotatable bonds is 4. The molecule has 0 unspecified atom stereocenters. The Bertz CT molecular complexity index is 522. The third-order valence-electron chi connectivity index (χ3n) is 2.17. The van der Waals surface area contributed by atoms with E-state index in [0.29, 0.717) is 12.2 Å². The van der Waals surface area contributed by atoms with E-state index in [4.69, 9.17) is 15.9 Å². The van der Waals surface area contributed by atoms with Crippen LogP contribution in [0.3, 0.4) is 0 Å². The second-order valence-corrected chi connectivity index (χ2v) is 5.37. The second kappa shape index (κ2) is 5.33. The van der Waals surface area contributed by atoms with Crippen molar-refractivity contribution >= 4 is 33.1 Å². The average molecular weight is 311 g/mol. The van der Waals surface area contributed by atoms with E-state index in [-0.39, 0.29) is 5.84 Å². The third kappa shape index (κ3) is 3.31. The summed E-state index contributed by atoms with van der Waals surface area (Å²) in [6.45, 7) is 0.551. The summed E-state index contributed by atoms with van der Waals surface area (Å²) in [6, 6.07) is 9.23. The van der Waals surface area contributed by atoms with Gasteiger partial charge in [-0.25, -0.2) is 0 Å². The van der Waals surface area contributed by atoms with Crippen LogP contribution in [0, 0.1) is 5.41 Å². The van der Waals surface area contributed by atoms with Gasteiger partial charge >= 0.3 is 0 Å². The van der Waals surface area contributed by atoms with Crippen LogP contribution >= 0.6 is 27.3 Å². The normalized spacial score (nSPS) is 10.2. The zero-order valence-electron chi connectivity index (χ0n) is 8.94. The second-order valence-electron chi connectivity index (χ2n) is 3.46. The lowest BCUT2D eigenvalue weighted by molar-refractivity contribution is 0.310. The van der Waals surface area contributed by atoms with Crippen molar-refractivity contribution in [3.63, 3.8) is 0 Å². The Morgan fingerprint density at radius 2 is 2.06 bits per heavy atom. The molecule has 0 radical (unpaired) electrons. The van der Waals surface area contributed by atoms with Crippen LogP contribution in [-0.2, 0) is 6.61 Å². The van der Waals surface area contributed by atoms with Crippen molar-refractivity contribution in [1.82, 2.24) is 0 Å². The van der Waals surface area contributed by atoms with Gasteiger partial charge in [-0.1, -0.05) is 0 Å². The Hall–Kier alpha value is -1.33. The van der Waals surface area contributed by atoms with Crippen molar-refractivity contribution in [2.75, 3.05) is 0 Å². The molecule has 0 aliphatic heterocycles. The Balaban J connectivity index is 1.97. The van der Waals surface area contributed by atoms with Crippen molar-refractivity contribution < 1.29 is 4.74 Å². The smallest absolute Gasteiger partial charge is 0.122 e. The zero-order valence-corrected chi connectivity index (χ0v) is 11.3. The molecule has 0 aliphatic rings. The summed E-state index contributed by atoms with van der Waals surface area (Å²) >= 11 is 5.05. The highest BCUT2D eigenvalue weighted by Gasteiger charge is 2.00. The molecule has 1 aromatic carbocycles. The molecule has 3 nitrogen and oxygen atoms in total. The number of nitrogens with one attached hydrogen (secondary N) is 1. The molecule has 0 aliphatic carbocycles. The lowest BCUT2D eigenvalue weighted by Gasteiger charge is -2.05. The minimum atomic E-state index is 0.0683. The van der Waals surface area contributed by atoms with Crippen molar-refractivity contribution in [2.24, 2.45) is 5.73 Å². The highest BCUT2D eigenvalue weighted by molar-refractivity contribution is 9.10. The molecule has 2 rings (SSSR count). The van der Waals surface area contributed by atoms with Gasteiger partial charge < -0.3 is 10.5 Å². The maximum absolute atomic E-state index is 7.28. The molecular weight excluding hydrogens is 300 g/mol. The molecule has 0 atom stereocenters. The first kappa shape index (κ1) is 12.1. The number of nitrogens with two attached hydrogens (primary N) is 1. The number of benzene rings is 1. The molecule has 0 saturated carbocycles. The van der Waals surface area contributed by atoms with Gasteiger partial charge in [0.15, 0.2) is 0 Å². The van der Waals surface area contributed by atoms with Gasteiger partial charge in [0.25, 0.3) is 0 Å². The van der Waals surface area contributed by atoms with Gasteiger partial charge in [0.1, 0.15) is 18.2 Å². The van der Waals surface area contributed by atoms with Crippen LogP contribution in [0.25, 0.3) is 0 Å². The Morgan fingerprint density at radius 1 is 1.35 bits per heavy atom. The van der Waals surface area contributed by atoms with Crippen LogP contribution in [0.1, 0.15) is 10.4 Å². The van der Waals surface area contributed by atoms with E-state index in [0.717, 1.165) is 15.1 Å². The Labute approximate surface area is 112 Å². The predicted octanol–water partition coefficient (Wildman–Crippen LogP) is 3.37. The zero-order chi connectivity index (χ0) is 12.3. The molecule has 0 spiro atoms. The number of thiophene rings is 1. The summed E-state index contributed by atoms with van der Waals surface area (Å²) in [5, 5.41) is 9.30. The van der Waals surface area contributed by atoms with Gasteiger partial charge in [0.05, 0.1) is 0 Å². The minimum Gasteiger partial charge on any atom is -0.488 e. The number of hydrogen-bond acceptors (Lipinski definition) is 3. The summed E-state index contributed by atoms with van der Waals surface area (Å²) in [5.41, 5.74) is 6.08. The topological polar surface area (TPSA) is 59.1 Å².